The van der Waals surface area contributed by atoms with Gasteiger partial charge in [0.1, 0.15) is 17.2 Å². The lowest BCUT2D eigenvalue weighted by Gasteiger charge is -2.27. The normalized spacial score (nSPS) is 12.5. The van der Waals surface area contributed by atoms with Crippen LogP contribution in [0, 0.1) is 0 Å². The third kappa shape index (κ3) is 4.70. The van der Waals surface area contributed by atoms with Crippen molar-refractivity contribution in [2.45, 2.75) is 12.2 Å². The maximum atomic E-state index is 13.4. The third-order valence-corrected chi connectivity index (χ3v) is 8.58. The summed E-state index contributed by atoms with van der Waals surface area (Å²) in [6.45, 7) is 1.71. The van der Waals surface area contributed by atoms with Crippen LogP contribution in [-0.2, 0) is 10.0 Å². The number of para-hydroxylation sites is 1. The molecule has 0 aliphatic carbocycles. The number of nitrogens with zero attached hydrogens (tertiary/aromatic N) is 4. The van der Waals surface area contributed by atoms with Crippen molar-refractivity contribution < 1.29 is 22.3 Å². The first-order chi connectivity index (χ1) is 15.4. The zero-order chi connectivity index (χ0) is 23.3. The summed E-state index contributed by atoms with van der Waals surface area (Å²) >= 11 is 2.12. The highest BCUT2D eigenvalue weighted by Gasteiger charge is 2.35. The van der Waals surface area contributed by atoms with Gasteiger partial charge in [0.15, 0.2) is 5.76 Å². The van der Waals surface area contributed by atoms with E-state index in [4.69, 9.17) is 19.6 Å². The molecule has 3 aromatic rings. The van der Waals surface area contributed by atoms with E-state index in [0.717, 1.165) is 0 Å². The van der Waals surface area contributed by atoms with Gasteiger partial charge in [0.2, 0.25) is 21.8 Å². The van der Waals surface area contributed by atoms with Crippen molar-refractivity contribution in [3.63, 3.8) is 0 Å². The van der Waals surface area contributed by atoms with Crippen molar-refractivity contribution in [3.05, 3.63) is 36.6 Å². The van der Waals surface area contributed by atoms with Gasteiger partial charge in [0.25, 0.3) is 0 Å². The number of sulfonamides is 1. The standard InChI is InChI=1S/C19H24IN5O5S2/c1-13(12-21)32(26,27)24(9-11-31-20)19-23-22-18(16-8-5-10-30-16)25(19)17-14(28-2)6-4-7-15(17)29-3/h4-8,10,13H,9,11-12,21H2,1-3H3/t13-/m0/s1. The zero-order valence-electron chi connectivity index (χ0n) is 17.8. The number of methoxy groups -OCH3 is 2. The number of nitrogens with two attached hydrogens (primary N) is 1. The molecule has 3 rings (SSSR count). The minimum Gasteiger partial charge on any atom is -0.494 e. The van der Waals surface area contributed by atoms with Crippen molar-refractivity contribution in [1.82, 2.24) is 14.8 Å². The molecule has 10 nitrogen and oxygen atoms in total. The van der Waals surface area contributed by atoms with E-state index in [2.05, 4.69) is 31.4 Å². The van der Waals surface area contributed by atoms with Crippen LogP contribution in [0.25, 0.3) is 17.3 Å². The van der Waals surface area contributed by atoms with Crippen LogP contribution in [-0.4, -0.2) is 61.5 Å². The number of aromatic nitrogens is 3. The number of ether oxygens (including phenoxy) is 2. The number of furan rings is 1. The molecule has 1 aromatic carbocycles. The fourth-order valence-corrected chi connectivity index (χ4v) is 5.39. The maximum Gasteiger partial charge on any atom is 0.246 e. The molecule has 2 N–H and O–H groups in total. The number of hydrogen-bond acceptors (Lipinski definition) is 9. The summed E-state index contributed by atoms with van der Waals surface area (Å²) in [6.07, 6.45) is 1.51. The fraction of sp³-hybridized carbons (Fsp3) is 0.368. The predicted octanol–water partition coefficient (Wildman–Crippen LogP) is 3.11. The van der Waals surface area contributed by atoms with Crippen molar-refractivity contribution >= 4 is 46.1 Å². The summed E-state index contributed by atoms with van der Waals surface area (Å²) in [5.41, 5.74) is 6.17. The second-order valence-electron chi connectivity index (χ2n) is 6.62. The molecule has 0 saturated heterocycles. The van der Waals surface area contributed by atoms with E-state index in [-0.39, 0.29) is 19.0 Å². The van der Waals surface area contributed by atoms with E-state index in [9.17, 15) is 8.42 Å². The molecule has 0 saturated carbocycles. The van der Waals surface area contributed by atoms with Crippen molar-refractivity contribution in [1.29, 1.82) is 0 Å². The first-order valence-corrected chi connectivity index (χ1v) is 14.6. The number of benzene rings is 1. The van der Waals surface area contributed by atoms with Gasteiger partial charge < -0.3 is 19.6 Å². The van der Waals surface area contributed by atoms with Crippen LogP contribution < -0.4 is 19.5 Å². The molecule has 2 aromatic heterocycles. The molecule has 0 unspecified atom stereocenters. The average molecular weight is 593 g/mol. The Labute approximate surface area is 203 Å². The highest BCUT2D eigenvalue weighted by atomic mass is 127. The molecule has 1 atom stereocenters. The summed E-state index contributed by atoms with van der Waals surface area (Å²) in [6, 6.07) is 8.69. The maximum absolute atomic E-state index is 13.4. The van der Waals surface area contributed by atoms with Crippen LogP contribution in [0.1, 0.15) is 6.92 Å². The molecule has 32 heavy (non-hydrogen) atoms. The van der Waals surface area contributed by atoms with Gasteiger partial charge in [-0.3, -0.25) is 4.57 Å². The minimum atomic E-state index is -3.85. The lowest BCUT2D eigenvalue weighted by molar-refractivity contribution is 0.391. The van der Waals surface area contributed by atoms with Crippen LogP contribution in [0.4, 0.5) is 5.95 Å². The van der Waals surface area contributed by atoms with Crippen LogP contribution in [0.5, 0.6) is 11.5 Å². The first-order valence-electron chi connectivity index (χ1n) is 9.56. The van der Waals surface area contributed by atoms with Gasteiger partial charge in [0, 0.05) is 18.8 Å². The largest absolute Gasteiger partial charge is 0.494 e. The van der Waals surface area contributed by atoms with E-state index in [1.165, 1.54) is 33.7 Å². The molecule has 0 spiro atoms. The molecule has 0 amide bonds. The predicted molar refractivity (Wildman–Crippen MR) is 133 cm³/mol. The van der Waals surface area contributed by atoms with Gasteiger partial charge in [-0.05, 0) is 52.4 Å². The fourth-order valence-electron chi connectivity index (χ4n) is 3.06. The molecule has 0 radical (unpaired) electrons. The number of hydrogen-bond donors (Lipinski definition) is 1. The lowest BCUT2D eigenvalue weighted by Crippen LogP contribution is -2.43. The van der Waals surface area contributed by atoms with Gasteiger partial charge in [-0.15, -0.1) is 10.2 Å². The first kappa shape index (κ1) is 24.7. The Bertz CT molecular complexity index is 1110. The Hall–Kier alpha value is -1.97. The Morgan fingerprint density at radius 1 is 1.22 bits per heavy atom. The van der Waals surface area contributed by atoms with Crippen molar-refractivity contribution in [2.75, 3.05) is 37.4 Å². The Morgan fingerprint density at radius 3 is 2.44 bits per heavy atom. The van der Waals surface area contributed by atoms with Gasteiger partial charge >= 0.3 is 0 Å². The smallest absolute Gasteiger partial charge is 0.246 e. The van der Waals surface area contributed by atoms with Crippen LogP contribution in [0.3, 0.4) is 0 Å². The lowest BCUT2D eigenvalue weighted by atomic mass is 10.2. The summed E-state index contributed by atoms with van der Waals surface area (Å²) < 4.78 is 46.4. The molecule has 0 aliphatic heterocycles. The van der Waals surface area contributed by atoms with Crippen LogP contribution in [0.15, 0.2) is 41.0 Å². The molecular formula is C19H24IN5O5S2. The molecule has 2 heterocycles. The second-order valence-corrected chi connectivity index (χ2v) is 11.4. The summed E-state index contributed by atoms with van der Waals surface area (Å²) in [4.78, 5) is 0. The SMILES string of the molecule is COc1cccc(OC)c1-n1c(-c2ccco2)nnc1N(CCSI)S(=O)(=O)[C@@H](C)CN. The zero-order valence-corrected chi connectivity index (χ0v) is 21.6. The highest BCUT2D eigenvalue weighted by molar-refractivity contribution is 14.2. The molecule has 0 fully saturated rings. The summed E-state index contributed by atoms with van der Waals surface area (Å²) in [7, 11) is 0.684. The van der Waals surface area contributed by atoms with Gasteiger partial charge in [-0.25, -0.2) is 12.7 Å². The summed E-state index contributed by atoms with van der Waals surface area (Å²) in [5, 5.41) is 7.73. The average Bonchev–Trinajstić information content (AvgIpc) is 3.48. The monoisotopic (exact) mass is 593 g/mol. The second kappa shape index (κ2) is 10.8. The highest BCUT2D eigenvalue weighted by Crippen LogP contribution is 2.39. The molecular weight excluding hydrogens is 569 g/mol. The number of rotatable bonds is 11. The van der Waals surface area contributed by atoms with Gasteiger partial charge in [-0.1, -0.05) is 15.0 Å². The molecule has 174 valence electrons. The minimum absolute atomic E-state index is 0.0344. The van der Waals surface area contributed by atoms with Gasteiger partial charge in [0.05, 0.1) is 25.7 Å². The Morgan fingerprint density at radius 2 is 1.91 bits per heavy atom. The van der Waals surface area contributed by atoms with Crippen LogP contribution in [0.2, 0.25) is 0 Å². The number of halogens is 1. The van der Waals surface area contributed by atoms with Gasteiger partial charge in [-0.2, -0.15) is 0 Å². The van der Waals surface area contributed by atoms with E-state index >= 15 is 0 Å². The van der Waals surface area contributed by atoms with Crippen molar-refractivity contribution in [2.24, 2.45) is 5.73 Å². The van der Waals surface area contributed by atoms with E-state index in [0.29, 0.717) is 34.5 Å². The quantitative estimate of drug-likeness (QED) is 0.334. The van der Waals surface area contributed by atoms with E-state index in [1.54, 1.807) is 41.8 Å². The molecule has 0 aliphatic rings. The van der Waals surface area contributed by atoms with Crippen molar-refractivity contribution in [3.8, 4) is 28.8 Å². The topological polar surface area (TPSA) is 126 Å². The Balaban J connectivity index is 2.35. The van der Waals surface area contributed by atoms with E-state index in [1.807, 2.05) is 0 Å². The van der Waals surface area contributed by atoms with E-state index < -0.39 is 15.3 Å². The number of anilines is 1. The Kier molecular flexibility index (Phi) is 8.30. The third-order valence-electron chi connectivity index (χ3n) is 4.76. The summed E-state index contributed by atoms with van der Waals surface area (Å²) in [5.74, 6) is 2.23. The van der Waals surface area contributed by atoms with Crippen LogP contribution >= 0.6 is 30.1 Å². The molecule has 0 bridgehead atoms. The molecule has 13 heteroatoms.